The van der Waals surface area contributed by atoms with Crippen molar-refractivity contribution in [2.75, 3.05) is 10.6 Å². The van der Waals surface area contributed by atoms with E-state index in [1.165, 1.54) is 30.0 Å². The number of carboxylic acid groups (broad SMARTS) is 1. The standard InChI is InChI=1S/C28H20Cl2N2O4S/c29-19-11-14-23(24(30)15-19)26(33)32-21-7-4-8-22(16-21)37-25(17-5-2-1-3-6-17)27(34)31-20-12-9-18(10-13-20)28(35)36/h1-16,25H,(H,31,34)(H,32,33)(H,35,36). The summed E-state index contributed by atoms with van der Waals surface area (Å²) in [5, 5.41) is 14.8. The zero-order chi connectivity index (χ0) is 26.4. The van der Waals surface area contributed by atoms with Crippen LogP contribution in [-0.2, 0) is 4.79 Å². The van der Waals surface area contributed by atoms with Crippen LogP contribution in [0.2, 0.25) is 10.0 Å². The van der Waals surface area contributed by atoms with Gasteiger partial charge in [0.25, 0.3) is 5.91 Å². The topological polar surface area (TPSA) is 95.5 Å². The minimum absolute atomic E-state index is 0.130. The highest BCUT2D eigenvalue weighted by Gasteiger charge is 2.23. The molecule has 0 saturated carbocycles. The van der Waals surface area contributed by atoms with Crippen molar-refractivity contribution in [3.05, 3.63) is 124 Å². The first-order valence-electron chi connectivity index (χ1n) is 11.0. The van der Waals surface area contributed by atoms with E-state index in [2.05, 4.69) is 10.6 Å². The van der Waals surface area contributed by atoms with Gasteiger partial charge < -0.3 is 15.7 Å². The molecule has 0 bridgehead atoms. The van der Waals surface area contributed by atoms with Gasteiger partial charge in [0.15, 0.2) is 0 Å². The van der Waals surface area contributed by atoms with Crippen molar-refractivity contribution in [1.82, 2.24) is 0 Å². The van der Waals surface area contributed by atoms with Gasteiger partial charge in [-0.15, -0.1) is 11.8 Å². The molecule has 0 spiro atoms. The summed E-state index contributed by atoms with van der Waals surface area (Å²) in [6.07, 6.45) is 0. The highest BCUT2D eigenvalue weighted by molar-refractivity contribution is 8.00. The van der Waals surface area contributed by atoms with Crippen LogP contribution in [0.15, 0.2) is 102 Å². The number of nitrogens with one attached hydrogen (secondary N) is 2. The Morgan fingerprint density at radius 1 is 0.757 bits per heavy atom. The summed E-state index contributed by atoms with van der Waals surface area (Å²) in [4.78, 5) is 37.9. The Hall–Kier alpha value is -3.78. The number of rotatable bonds is 8. The predicted molar refractivity (Wildman–Crippen MR) is 148 cm³/mol. The third-order valence-electron chi connectivity index (χ3n) is 5.26. The van der Waals surface area contributed by atoms with Crippen molar-refractivity contribution in [3.8, 4) is 0 Å². The molecule has 0 fully saturated rings. The van der Waals surface area contributed by atoms with Gasteiger partial charge in [-0.2, -0.15) is 0 Å². The first kappa shape index (κ1) is 26.3. The molecule has 1 unspecified atom stereocenters. The fourth-order valence-electron chi connectivity index (χ4n) is 3.46. The summed E-state index contributed by atoms with van der Waals surface area (Å²) in [6, 6.07) is 27.0. The number of anilines is 2. The highest BCUT2D eigenvalue weighted by atomic mass is 35.5. The van der Waals surface area contributed by atoms with E-state index in [-0.39, 0.29) is 22.4 Å². The lowest BCUT2D eigenvalue weighted by Crippen LogP contribution is -2.19. The number of benzene rings is 4. The molecule has 0 saturated heterocycles. The Bertz CT molecular complexity index is 1450. The fraction of sp³-hybridized carbons (Fsp3) is 0.0357. The molecule has 0 aliphatic heterocycles. The SMILES string of the molecule is O=C(O)c1ccc(NC(=O)C(Sc2cccc(NC(=O)c3ccc(Cl)cc3Cl)c2)c2ccccc2)cc1. The van der Waals surface area contributed by atoms with Gasteiger partial charge in [0.1, 0.15) is 5.25 Å². The average molecular weight is 551 g/mol. The minimum atomic E-state index is -1.04. The molecule has 4 aromatic rings. The Balaban J connectivity index is 1.53. The van der Waals surface area contributed by atoms with Crippen LogP contribution in [0, 0.1) is 0 Å². The molecule has 4 aromatic carbocycles. The Morgan fingerprint density at radius 2 is 1.49 bits per heavy atom. The number of carbonyl (C=O) groups is 3. The molecule has 37 heavy (non-hydrogen) atoms. The molecular formula is C28H20Cl2N2O4S. The van der Waals surface area contributed by atoms with E-state index in [1.54, 1.807) is 42.5 Å². The highest BCUT2D eigenvalue weighted by Crippen LogP contribution is 2.37. The van der Waals surface area contributed by atoms with Crippen LogP contribution in [0.1, 0.15) is 31.5 Å². The molecule has 0 radical (unpaired) electrons. The maximum absolute atomic E-state index is 13.3. The van der Waals surface area contributed by atoms with Gasteiger partial charge in [-0.3, -0.25) is 9.59 Å². The molecule has 186 valence electrons. The van der Waals surface area contributed by atoms with Crippen LogP contribution in [0.25, 0.3) is 0 Å². The summed E-state index contributed by atoms with van der Waals surface area (Å²) < 4.78 is 0. The number of carboxylic acids is 1. The van der Waals surface area contributed by atoms with Crippen molar-refractivity contribution < 1.29 is 19.5 Å². The van der Waals surface area contributed by atoms with Crippen LogP contribution in [-0.4, -0.2) is 22.9 Å². The second kappa shape index (κ2) is 12.0. The number of hydrogen-bond donors (Lipinski definition) is 3. The summed E-state index contributed by atoms with van der Waals surface area (Å²) in [6.45, 7) is 0. The average Bonchev–Trinajstić information content (AvgIpc) is 2.88. The monoisotopic (exact) mass is 550 g/mol. The van der Waals surface area contributed by atoms with E-state index in [9.17, 15) is 14.4 Å². The van der Waals surface area contributed by atoms with Crippen LogP contribution < -0.4 is 10.6 Å². The number of thioether (sulfide) groups is 1. The molecule has 0 aromatic heterocycles. The van der Waals surface area contributed by atoms with Crippen LogP contribution in [0.5, 0.6) is 0 Å². The van der Waals surface area contributed by atoms with E-state index in [4.69, 9.17) is 28.3 Å². The molecule has 3 N–H and O–H groups in total. The van der Waals surface area contributed by atoms with E-state index in [0.717, 1.165) is 10.5 Å². The number of halogens is 2. The van der Waals surface area contributed by atoms with Crippen molar-refractivity contribution in [3.63, 3.8) is 0 Å². The van der Waals surface area contributed by atoms with E-state index in [1.807, 2.05) is 36.4 Å². The fourth-order valence-corrected chi connectivity index (χ4v) is 5.04. The van der Waals surface area contributed by atoms with Gasteiger partial charge in [0.2, 0.25) is 5.91 Å². The van der Waals surface area contributed by atoms with Gasteiger partial charge in [-0.25, -0.2) is 4.79 Å². The van der Waals surface area contributed by atoms with Gasteiger partial charge >= 0.3 is 5.97 Å². The van der Waals surface area contributed by atoms with Crippen molar-refractivity contribution in [1.29, 1.82) is 0 Å². The largest absolute Gasteiger partial charge is 0.478 e. The quantitative estimate of drug-likeness (QED) is 0.198. The minimum Gasteiger partial charge on any atom is -0.478 e. The second-order valence-corrected chi connectivity index (χ2v) is 9.91. The Kier molecular flexibility index (Phi) is 8.50. The van der Waals surface area contributed by atoms with Gasteiger partial charge in [0, 0.05) is 21.3 Å². The van der Waals surface area contributed by atoms with Crippen LogP contribution in [0.3, 0.4) is 0 Å². The van der Waals surface area contributed by atoms with Crippen LogP contribution in [0.4, 0.5) is 11.4 Å². The summed E-state index contributed by atoms with van der Waals surface area (Å²) >= 11 is 13.4. The number of hydrogen-bond acceptors (Lipinski definition) is 4. The maximum atomic E-state index is 13.3. The first-order chi connectivity index (χ1) is 17.8. The first-order valence-corrected chi connectivity index (χ1v) is 12.7. The zero-order valence-electron chi connectivity index (χ0n) is 19.2. The molecule has 0 heterocycles. The maximum Gasteiger partial charge on any atom is 0.335 e. The molecule has 9 heteroatoms. The summed E-state index contributed by atoms with van der Waals surface area (Å²) in [5.74, 6) is -1.70. The molecule has 4 rings (SSSR count). The van der Waals surface area contributed by atoms with Crippen molar-refractivity contribution in [2.24, 2.45) is 0 Å². The van der Waals surface area contributed by atoms with E-state index < -0.39 is 11.2 Å². The van der Waals surface area contributed by atoms with Gasteiger partial charge in [0.05, 0.1) is 16.1 Å². The third-order valence-corrected chi connectivity index (χ3v) is 7.06. The second-order valence-electron chi connectivity index (χ2n) is 7.89. The smallest absolute Gasteiger partial charge is 0.335 e. The number of carbonyl (C=O) groups excluding carboxylic acids is 2. The normalized spacial score (nSPS) is 11.4. The third kappa shape index (κ3) is 6.92. The Morgan fingerprint density at radius 3 is 2.16 bits per heavy atom. The molecule has 0 aliphatic rings. The lowest BCUT2D eigenvalue weighted by Gasteiger charge is -2.18. The summed E-state index contributed by atoms with van der Waals surface area (Å²) in [7, 11) is 0. The van der Waals surface area contributed by atoms with Gasteiger partial charge in [-0.05, 0) is 66.2 Å². The van der Waals surface area contributed by atoms with Crippen molar-refractivity contribution >= 4 is 64.1 Å². The molecule has 6 nitrogen and oxygen atoms in total. The zero-order valence-corrected chi connectivity index (χ0v) is 21.5. The molecule has 2 amide bonds. The van der Waals surface area contributed by atoms with Crippen molar-refractivity contribution in [2.45, 2.75) is 10.1 Å². The van der Waals surface area contributed by atoms with E-state index >= 15 is 0 Å². The molecular weight excluding hydrogens is 531 g/mol. The molecule has 0 aliphatic carbocycles. The van der Waals surface area contributed by atoms with Crippen LogP contribution >= 0.6 is 35.0 Å². The lowest BCUT2D eigenvalue weighted by atomic mass is 10.1. The number of amides is 2. The number of aromatic carboxylic acids is 1. The Labute approximate surface area is 227 Å². The predicted octanol–water partition coefficient (Wildman–Crippen LogP) is 7.42. The molecule has 1 atom stereocenters. The summed E-state index contributed by atoms with van der Waals surface area (Å²) in [5.41, 5.74) is 2.23. The van der Waals surface area contributed by atoms with E-state index in [0.29, 0.717) is 22.0 Å². The lowest BCUT2D eigenvalue weighted by molar-refractivity contribution is -0.115. The van der Waals surface area contributed by atoms with Gasteiger partial charge in [-0.1, -0.05) is 59.6 Å².